The Hall–Kier alpha value is -0.990. The number of alkyl halides is 3. The lowest BCUT2D eigenvalue weighted by Crippen LogP contribution is -2.36. The summed E-state index contributed by atoms with van der Waals surface area (Å²) < 4.78 is 60.4. The molecular weight excluding hydrogens is 293 g/mol. The summed E-state index contributed by atoms with van der Waals surface area (Å²) in [5.41, 5.74) is 5.27. The molecule has 1 rings (SSSR count). The van der Waals surface area contributed by atoms with Crippen molar-refractivity contribution in [2.24, 2.45) is 0 Å². The normalized spacial score (nSPS) is 13.0. The van der Waals surface area contributed by atoms with Gasteiger partial charge in [0.25, 0.3) is 0 Å². The Morgan fingerprint density at radius 2 is 1.94 bits per heavy atom. The smallest absolute Gasteiger partial charge is 0.398 e. The van der Waals surface area contributed by atoms with Crippen LogP contribution in [-0.2, 0) is 10.0 Å². The third-order valence-electron chi connectivity index (χ3n) is 2.07. The number of hydrogen-bond acceptors (Lipinski definition) is 3. The van der Waals surface area contributed by atoms with Gasteiger partial charge in [0.2, 0.25) is 10.0 Å². The molecule has 0 saturated carbocycles. The SMILES string of the molecule is CN(CC(F)(F)F)S(=O)(=O)c1cc(Cl)ccc1N. The number of hydrogen-bond donors (Lipinski definition) is 1. The Bertz CT molecular complexity index is 545. The fraction of sp³-hybridized carbons (Fsp3) is 0.333. The van der Waals surface area contributed by atoms with E-state index in [0.29, 0.717) is 0 Å². The Balaban J connectivity index is 3.17. The maximum absolute atomic E-state index is 12.2. The molecule has 0 radical (unpaired) electrons. The summed E-state index contributed by atoms with van der Waals surface area (Å²) in [4.78, 5) is -0.443. The van der Waals surface area contributed by atoms with Crippen LogP contribution in [0.25, 0.3) is 0 Å². The number of halogens is 4. The van der Waals surface area contributed by atoms with Gasteiger partial charge in [-0.05, 0) is 18.2 Å². The first-order valence-electron chi connectivity index (χ1n) is 4.62. The molecule has 0 aliphatic rings. The number of nitrogens with two attached hydrogens (primary N) is 1. The van der Waals surface area contributed by atoms with Crippen molar-refractivity contribution in [1.29, 1.82) is 0 Å². The van der Waals surface area contributed by atoms with Crippen LogP contribution in [0.15, 0.2) is 23.1 Å². The Morgan fingerprint density at radius 1 is 1.39 bits per heavy atom. The molecule has 4 nitrogen and oxygen atoms in total. The van der Waals surface area contributed by atoms with Crippen molar-refractivity contribution in [1.82, 2.24) is 4.31 Å². The highest BCUT2D eigenvalue weighted by molar-refractivity contribution is 7.89. The zero-order valence-corrected chi connectivity index (χ0v) is 10.8. The van der Waals surface area contributed by atoms with Crippen molar-refractivity contribution in [3.63, 3.8) is 0 Å². The molecule has 0 aromatic heterocycles. The number of anilines is 1. The summed E-state index contributed by atoms with van der Waals surface area (Å²) in [6, 6.07) is 3.58. The molecular formula is C9H10ClF3N2O2S. The zero-order chi connectivity index (χ0) is 14.1. The molecule has 102 valence electrons. The summed E-state index contributed by atoms with van der Waals surface area (Å²) >= 11 is 5.60. The summed E-state index contributed by atoms with van der Waals surface area (Å²) in [5, 5.41) is 0.0724. The predicted molar refractivity (Wildman–Crippen MR) is 61.7 cm³/mol. The first-order valence-corrected chi connectivity index (χ1v) is 6.44. The number of benzene rings is 1. The van der Waals surface area contributed by atoms with E-state index in [1.54, 1.807) is 0 Å². The summed E-state index contributed by atoms with van der Waals surface area (Å²) in [5.74, 6) is 0. The maximum Gasteiger partial charge on any atom is 0.402 e. The lowest BCUT2D eigenvalue weighted by atomic mass is 10.3. The molecule has 0 amide bonds. The second-order valence-electron chi connectivity index (χ2n) is 3.56. The topological polar surface area (TPSA) is 63.4 Å². The molecule has 18 heavy (non-hydrogen) atoms. The van der Waals surface area contributed by atoms with Gasteiger partial charge in [0, 0.05) is 12.1 Å². The number of sulfonamides is 1. The molecule has 1 aromatic carbocycles. The van der Waals surface area contributed by atoms with Crippen LogP contribution in [0.1, 0.15) is 0 Å². The number of rotatable bonds is 3. The van der Waals surface area contributed by atoms with Crippen molar-refractivity contribution in [3.8, 4) is 0 Å². The fourth-order valence-electron chi connectivity index (χ4n) is 1.24. The molecule has 1 aromatic rings. The van der Waals surface area contributed by atoms with Crippen molar-refractivity contribution in [2.75, 3.05) is 19.3 Å². The highest BCUT2D eigenvalue weighted by atomic mass is 35.5. The van der Waals surface area contributed by atoms with Gasteiger partial charge in [0.15, 0.2) is 0 Å². The highest BCUT2D eigenvalue weighted by Gasteiger charge is 2.35. The average molecular weight is 303 g/mol. The van der Waals surface area contributed by atoms with Gasteiger partial charge >= 0.3 is 6.18 Å². The number of nitrogens with zero attached hydrogens (tertiary/aromatic N) is 1. The van der Waals surface area contributed by atoms with Gasteiger partial charge in [-0.25, -0.2) is 8.42 Å². The minimum atomic E-state index is -4.63. The van der Waals surface area contributed by atoms with Crippen molar-refractivity contribution in [2.45, 2.75) is 11.1 Å². The molecule has 0 atom stereocenters. The second-order valence-corrected chi connectivity index (χ2v) is 6.01. The van der Waals surface area contributed by atoms with Crippen LogP contribution in [0.2, 0.25) is 5.02 Å². The first kappa shape index (κ1) is 15.1. The van der Waals surface area contributed by atoms with E-state index in [9.17, 15) is 21.6 Å². The van der Waals surface area contributed by atoms with E-state index in [0.717, 1.165) is 13.1 Å². The molecule has 0 aliphatic heterocycles. The van der Waals surface area contributed by atoms with Gasteiger partial charge in [0.1, 0.15) is 11.4 Å². The van der Waals surface area contributed by atoms with Crippen LogP contribution in [0.5, 0.6) is 0 Å². The molecule has 0 spiro atoms. The summed E-state index contributed by atoms with van der Waals surface area (Å²) in [6.45, 7) is -1.60. The van der Waals surface area contributed by atoms with Crippen molar-refractivity contribution < 1.29 is 21.6 Å². The van der Waals surface area contributed by atoms with E-state index in [4.69, 9.17) is 17.3 Å². The van der Waals surface area contributed by atoms with Crippen LogP contribution in [0.4, 0.5) is 18.9 Å². The van der Waals surface area contributed by atoms with E-state index >= 15 is 0 Å². The molecule has 0 heterocycles. The largest absolute Gasteiger partial charge is 0.402 e. The van der Waals surface area contributed by atoms with E-state index in [1.807, 2.05) is 0 Å². The molecule has 0 aliphatic carbocycles. The quantitative estimate of drug-likeness (QED) is 0.870. The Morgan fingerprint density at radius 3 is 2.44 bits per heavy atom. The molecule has 0 bridgehead atoms. The van der Waals surface area contributed by atoms with Crippen LogP contribution < -0.4 is 5.73 Å². The summed E-state index contributed by atoms with van der Waals surface area (Å²) in [6.07, 6.45) is -4.63. The highest BCUT2D eigenvalue weighted by Crippen LogP contribution is 2.27. The summed E-state index contributed by atoms with van der Waals surface area (Å²) in [7, 11) is -3.50. The van der Waals surface area contributed by atoms with Crippen LogP contribution in [0, 0.1) is 0 Å². The van der Waals surface area contributed by atoms with E-state index < -0.39 is 27.6 Å². The minimum Gasteiger partial charge on any atom is -0.398 e. The molecule has 0 unspecified atom stereocenters. The van der Waals surface area contributed by atoms with Gasteiger partial charge in [-0.15, -0.1) is 0 Å². The lowest BCUT2D eigenvalue weighted by molar-refractivity contribution is -0.134. The van der Waals surface area contributed by atoms with E-state index in [2.05, 4.69) is 0 Å². The Labute approximate surface area is 107 Å². The monoisotopic (exact) mass is 302 g/mol. The molecule has 0 saturated heterocycles. The van der Waals surface area contributed by atoms with Gasteiger partial charge in [0.05, 0.1) is 5.69 Å². The van der Waals surface area contributed by atoms with Crippen LogP contribution in [0.3, 0.4) is 0 Å². The zero-order valence-electron chi connectivity index (χ0n) is 9.20. The molecule has 2 N–H and O–H groups in total. The standard InChI is InChI=1S/C9H10ClF3N2O2S/c1-15(5-9(11,12)13)18(16,17)8-4-6(10)2-3-7(8)14/h2-4H,5,14H2,1H3. The van der Waals surface area contributed by atoms with Crippen molar-refractivity contribution >= 4 is 27.3 Å². The lowest BCUT2D eigenvalue weighted by Gasteiger charge is -2.19. The minimum absolute atomic E-state index is 0.0724. The first-order chi connectivity index (χ1) is 8.04. The third-order valence-corrected chi connectivity index (χ3v) is 4.16. The number of nitrogen functional groups attached to an aromatic ring is 1. The van der Waals surface area contributed by atoms with E-state index in [1.165, 1.54) is 12.1 Å². The molecule has 9 heteroatoms. The molecule has 0 fully saturated rings. The van der Waals surface area contributed by atoms with Gasteiger partial charge in [-0.3, -0.25) is 0 Å². The van der Waals surface area contributed by atoms with Crippen molar-refractivity contribution in [3.05, 3.63) is 23.2 Å². The average Bonchev–Trinajstić information content (AvgIpc) is 2.19. The second kappa shape index (κ2) is 4.94. The Kier molecular flexibility index (Phi) is 4.14. The third kappa shape index (κ3) is 3.50. The van der Waals surface area contributed by atoms with Gasteiger partial charge in [-0.1, -0.05) is 11.6 Å². The van der Waals surface area contributed by atoms with Gasteiger partial charge in [-0.2, -0.15) is 17.5 Å². The maximum atomic E-state index is 12.2. The predicted octanol–water partition coefficient (Wildman–Crippen LogP) is 2.10. The van der Waals surface area contributed by atoms with Crippen LogP contribution in [-0.4, -0.2) is 32.5 Å². The fourth-order valence-corrected chi connectivity index (χ4v) is 2.77. The van der Waals surface area contributed by atoms with Gasteiger partial charge < -0.3 is 5.73 Å². The van der Waals surface area contributed by atoms with E-state index in [-0.39, 0.29) is 15.0 Å². The van der Waals surface area contributed by atoms with Crippen LogP contribution >= 0.6 is 11.6 Å².